The number of ketones is 1. The minimum absolute atomic E-state index is 0.0246. The first-order valence-corrected chi connectivity index (χ1v) is 8.73. The van der Waals surface area contributed by atoms with Crippen molar-refractivity contribution in [1.29, 1.82) is 0 Å². The van der Waals surface area contributed by atoms with Crippen molar-refractivity contribution in [3.63, 3.8) is 0 Å². The highest BCUT2D eigenvalue weighted by Crippen LogP contribution is 2.17. The van der Waals surface area contributed by atoms with E-state index in [1.165, 1.54) is 0 Å². The average Bonchev–Trinajstić information content (AvgIpc) is 2.44. The molecule has 0 bridgehead atoms. The first-order chi connectivity index (χ1) is 11.0. The van der Waals surface area contributed by atoms with E-state index in [0.29, 0.717) is 39.2 Å². The molecule has 0 aliphatic carbocycles. The monoisotopic (exact) mass is 344 g/mol. The first-order valence-electron chi connectivity index (χ1n) is 8.73. The fourth-order valence-corrected chi connectivity index (χ4v) is 1.79. The smallest absolute Gasteiger partial charge is 0.245 e. The molecule has 6 heteroatoms. The minimum atomic E-state index is -0.310. The van der Waals surface area contributed by atoms with Crippen LogP contribution in [-0.2, 0) is 19.1 Å². The standard InChI is InChI=1S/C18H36N2O4/c1-17(2,3)15(21)8-7-9-19-16(22)14-24-13-12-23-11-10-20-18(4,5)6/h20H,7-14H2,1-6H3,(H,19,22). The van der Waals surface area contributed by atoms with Crippen LogP contribution in [0.3, 0.4) is 0 Å². The fraction of sp³-hybridized carbons (Fsp3) is 0.889. The van der Waals surface area contributed by atoms with Crippen LogP contribution < -0.4 is 10.6 Å². The van der Waals surface area contributed by atoms with E-state index in [1.807, 2.05) is 20.8 Å². The van der Waals surface area contributed by atoms with Crippen LogP contribution >= 0.6 is 0 Å². The summed E-state index contributed by atoms with van der Waals surface area (Å²) in [6, 6.07) is 0. The Morgan fingerprint density at radius 2 is 1.50 bits per heavy atom. The zero-order chi connectivity index (χ0) is 18.6. The highest BCUT2D eigenvalue weighted by atomic mass is 16.5. The number of hydrogen-bond donors (Lipinski definition) is 2. The molecule has 0 heterocycles. The van der Waals surface area contributed by atoms with Crippen LogP contribution in [0.25, 0.3) is 0 Å². The van der Waals surface area contributed by atoms with Crippen LogP contribution in [0.15, 0.2) is 0 Å². The van der Waals surface area contributed by atoms with Gasteiger partial charge in [-0.15, -0.1) is 0 Å². The minimum Gasteiger partial charge on any atom is -0.378 e. The third-order valence-corrected chi connectivity index (χ3v) is 3.25. The van der Waals surface area contributed by atoms with Gasteiger partial charge in [0.15, 0.2) is 0 Å². The number of amides is 1. The summed E-state index contributed by atoms with van der Waals surface area (Å²) in [6.07, 6.45) is 1.15. The van der Waals surface area contributed by atoms with Gasteiger partial charge in [0.1, 0.15) is 12.4 Å². The molecule has 0 saturated carbocycles. The molecule has 2 N–H and O–H groups in total. The van der Waals surface area contributed by atoms with Gasteiger partial charge in [-0.1, -0.05) is 20.8 Å². The van der Waals surface area contributed by atoms with E-state index in [2.05, 4.69) is 31.4 Å². The summed E-state index contributed by atoms with van der Waals surface area (Å²) in [4.78, 5) is 23.3. The van der Waals surface area contributed by atoms with Crippen molar-refractivity contribution < 1.29 is 19.1 Å². The molecule has 0 aromatic rings. The van der Waals surface area contributed by atoms with Crippen LogP contribution in [0.5, 0.6) is 0 Å². The Labute approximate surface area is 147 Å². The van der Waals surface area contributed by atoms with Gasteiger partial charge in [-0.3, -0.25) is 9.59 Å². The molecule has 0 spiro atoms. The molecule has 0 aliphatic heterocycles. The van der Waals surface area contributed by atoms with Crippen molar-refractivity contribution >= 4 is 11.7 Å². The zero-order valence-electron chi connectivity index (χ0n) is 16.3. The highest BCUT2D eigenvalue weighted by molar-refractivity contribution is 5.83. The fourth-order valence-electron chi connectivity index (χ4n) is 1.79. The number of nitrogens with one attached hydrogen (secondary N) is 2. The van der Waals surface area contributed by atoms with E-state index in [9.17, 15) is 9.59 Å². The lowest BCUT2D eigenvalue weighted by Gasteiger charge is -2.20. The maximum absolute atomic E-state index is 11.7. The second-order valence-electron chi connectivity index (χ2n) is 7.97. The SMILES string of the molecule is CC(C)(C)NCCOCCOCC(=O)NCCCC(=O)C(C)(C)C. The lowest BCUT2D eigenvalue weighted by Crippen LogP contribution is -2.38. The Bertz CT molecular complexity index is 370. The Hall–Kier alpha value is -0.980. The third kappa shape index (κ3) is 14.6. The topological polar surface area (TPSA) is 76.7 Å². The summed E-state index contributed by atoms with van der Waals surface area (Å²) in [5.41, 5.74) is -0.217. The lowest BCUT2D eigenvalue weighted by atomic mass is 9.88. The molecular formula is C18H36N2O4. The number of carbonyl (C=O) groups excluding carboxylic acids is 2. The Morgan fingerprint density at radius 3 is 2.08 bits per heavy atom. The molecule has 0 aliphatic rings. The van der Waals surface area contributed by atoms with Gasteiger partial charge >= 0.3 is 0 Å². The quantitative estimate of drug-likeness (QED) is 0.529. The predicted octanol–water partition coefficient (Wildman–Crippen LogP) is 1.92. The van der Waals surface area contributed by atoms with Crippen molar-refractivity contribution in [2.24, 2.45) is 5.41 Å². The van der Waals surface area contributed by atoms with Crippen LogP contribution in [0.4, 0.5) is 0 Å². The number of hydrogen-bond acceptors (Lipinski definition) is 5. The summed E-state index contributed by atoms with van der Waals surface area (Å²) in [7, 11) is 0. The second-order valence-corrected chi connectivity index (χ2v) is 7.97. The molecule has 0 aromatic heterocycles. The summed E-state index contributed by atoms with van der Waals surface area (Å²) in [6.45, 7) is 14.8. The van der Waals surface area contributed by atoms with Crippen molar-refractivity contribution in [1.82, 2.24) is 10.6 Å². The number of Topliss-reactive ketones (excluding diaryl/α,β-unsaturated/α-hetero) is 1. The Morgan fingerprint density at radius 1 is 0.875 bits per heavy atom. The Balaban J connectivity index is 3.43. The van der Waals surface area contributed by atoms with E-state index in [4.69, 9.17) is 9.47 Å². The van der Waals surface area contributed by atoms with E-state index in [1.54, 1.807) is 0 Å². The maximum atomic E-state index is 11.7. The molecule has 0 saturated heterocycles. The van der Waals surface area contributed by atoms with Crippen molar-refractivity contribution in [3.05, 3.63) is 0 Å². The predicted molar refractivity (Wildman–Crippen MR) is 96.1 cm³/mol. The van der Waals surface area contributed by atoms with Crippen molar-refractivity contribution in [2.45, 2.75) is 59.9 Å². The van der Waals surface area contributed by atoms with Gasteiger partial charge in [-0.05, 0) is 27.2 Å². The van der Waals surface area contributed by atoms with E-state index in [0.717, 1.165) is 6.54 Å². The van der Waals surface area contributed by atoms with Gasteiger partial charge in [0.2, 0.25) is 5.91 Å². The van der Waals surface area contributed by atoms with Gasteiger partial charge in [-0.25, -0.2) is 0 Å². The van der Waals surface area contributed by atoms with E-state index >= 15 is 0 Å². The molecule has 6 nitrogen and oxygen atoms in total. The molecule has 1 amide bonds. The average molecular weight is 344 g/mol. The Kier molecular flexibility index (Phi) is 11.1. The molecule has 0 radical (unpaired) electrons. The molecule has 142 valence electrons. The van der Waals surface area contributed by atoms with Gasteiger partial charge in [-0.2, -0.15) is 0 Å². The van der Waals surface area contributed by atoms with Crippen molar-refractivity contribution in [3.8, 4) is 0 Å². The molecule has 0 aromatic carbocycles. The van der Waals surface area contributed by atoms with Crippen molar-refractivity contribution in [2.75, 3.05) is 39.5 Å². The van der Waals surface area contributed by atoms with Crippen LogP contribution in [0.1, 0.15) is 54.4 Å². The summed E-state index contributed by atoms with van der Waals surface area (Å²) < 4.78 is 10.7. The normalized spacial score (nSPS) is 12.2. The van der Waals surface area contributed by atoms with Gasteiger partial charge in [0.05, 0.1) is 19.8 Å². The second kappa shape index (κ2) is 11.6. The molecule has 24 heavy (non-hydrogen) atoms. The number of carbonyl (C=O) groups is 2. The lowest BCUT2D eigenvalue weighted by molar-refractivity contribution is -0.128. The molecular weight excluding hydrogens is 308 g/mol. The van der Waals surface area contributed by atoms with Gasteiger partial charge in [0.25, 0.3) is 0 Å². The number of ether oxygens (including phenoxy) is 2. The van der Waals surface area contributed by atoms with Crippen LogP contribution in [0, 0.1) is 5.41 Å². The summed E-state index contributed by atoms with van der Waals surface area (Å²) in [5, 5.41) is 6.07. The molecule has 0 fully saturated rings. The summed E-state index contributed by atoms with van der Waals surface area (Å²) >= 11 is 0. The van der Waals surface area contributed by atoms with Gasteiger partial charge < -0.3 is 20.1 Å². The van der Waals surface area contributed by atoms with E-state index < -0.39 is 0 Å². The zero-order valence-corrected chi connectivity index (χ0v) is 16.3. The third-order valence-electron chi connectivity index (χ3n) is 3.25. The maximum Gasteiger partial charge on any atom is 0.245 e. The molecule has 0 atom stereocenters. The van der Waals surface area contributed by atoms with Crippen LogP contribution in [0.2, 0.25) is 0 Å². The number of rotatable bonds is 12. The summed E-state index contributed by atoms with van der Waals surface area (Å²) in [5.74, 6) is 0.0544. The van der Waals surface area contributed by atoms with Gasteiger partial charge in [0, 0.05) is 30.5 Å². The van der Waals surface area contributed by atoms with E-state index in [-0.39, 0.29) is 29.3 Å². The largest absolute Gasteiger partial charge is 0.378 e. The molecule has 0 rings (SSSR count). The van der Waals surface area contributed by atoms with Crippen LogP contribution in [-0.4, -0.2) is 56.7 Å². The molecule has 0 unspecified atom stereocenters. The highest BCUT2D eigenvalue weighted by Gasteiger charge is 2.20. The first kappa shape index (κ1) is 23.0.